The number of H-pyrrole nitrogens is 2. The number of halogens is 1. The number of hydrogen-bond donors (Lipinski definition) is 4. The Hall–Kier alpha value is -6.68. The zero-order valence-electron chi connectivity index (χ0n) is 40.2. The number of anilines is 2. The van der Waals surface area contributed by atoms with Crippen molar-refractivity contribution < 1.29 is 42.0 Å². The molecule has 1 fully saturated rings. The predicted octanol–water partition coefficient (Wildman–Crippen LogP) is 7.77. The van der Waals surface area contributed by atoms with Crippen LogP contribution in [0.15, 0.2) is 136 Å². The zero-order chi connectivity index (χ0) is 51.6. The Morgan fingerprint density at radius 3 is 1.44 bits per heavy atom. The molecule has 0 unspecified atom stereocenters. The molecular weight excluding hydrogens is 1060 g/mol. The number of nitrogens with two attached hydrogens (primary N) is 2. The SMILES string of the molecule is C1CCOC1.CS(=O)(=O)c1ccc(C(=O)N2CCOc3ccc(-c4ccc(N)c(N)c4)cc3C2)cc1.CS(=O)(=O)c1ccc(C(=O)N2CCOc3ccc(-c4ccc5[nH]c(=O)[nH]c5c4)cc3C2)cc1.[2H]CI. The number of fused-ring (bicyclic) bond motifs is 3. The van der Waals surface area contributed by atoms with Crippen LogP contribution in [0.4, 0.5) is 11.4 Å². The molecule has 71 heavy (non-hydrogen) atoms. The van der Waals surface area contributed by atoms with Gasteiger partial charge in [-0.25, -0.2) is 21.6 Å². The maximum Gasteiger partial charge on any atom is 0.323 e. The van der Waals surface area contributed by atoms with E-state index in [1.807, 2.05) is 89.3 Å². The van der Waals surface area contributed by atoms with E-state index >= 15 is 0 Å². The molecule has 6 N–H and O–H groups in total. The lowest BCUT2D eigenvalue weighted by Gasteiger charge is -2.20. The molecule has 16 nitrogen and oxygen atoms in total. The Morgan fingerprint density at radius 1 is 0.577 bits per heavy atom. The first kappa shape index (κ1) is 50.7. The third kappa shape index (κ3) is 13.2. The molecule has 0 aliphatic carbocycles. The van der Waals surface area contributed by atoms with Gasteiger partial charge < -0.3 is 45.4 Å². The van der Waals surface area contributed by atoms with Crippen LogP contribution in [0.3, 0.4) is 0 Å². The van der Waals surface area contributed by atoms with Gasteiger partial charge in [-0.05, 0) is 137 Å². The van der Waals surface area contributed by atoms with Crippen molar-refractivity contribution in [3.8, 4) is 33.8 Å². The van der Waals surface area contributed by atoms with Gasteiger partial charge >= 0.3 is 5.69 Å². The van der Waals surface area contributed by atoms with Gasteiger partial charge in [0.2, 0.25) is 0 Å². The van der Waals surface area contributed by atoms with Gasteiger partial charge in [0.25, 0.3) is 11.8 Å². The molecule has 0 atom stereocenters. The largest absolute Gasteiger partial charge is 0.491 e. The van der Waals surface area contributed by atoms with E-state index in [1.54, 1.807) is 28.0 Å². The number of carbonyl (C=O) groups is 2. The fraction of sp³-hybridized carbons (Fsp3) is 0.250. The molecule has 372 valence electrons. The summed E-state index contributed by atoms with van der Waals surface area (Å²) in [5.41, 5.74) is 20.3. The van der Waals surface area contributed by atoms with Gasteiger partial charge in [-0.2, -0.15) is 0 Å². The lowest BCUT2D eigenvalue weighted by molar-refractivity contribution is 0.0726. The van der Waals surface area contributed by atoms with Gasteiger partial charge in [-0.1, -0.05) is 46.9 Å². The number of nitrogen functional groups attached to an aromatic ring is 2. The Kier molecular flexibility index (Phi) is 16.5. The number of ether oxygens (including phenoxy) is 3. The summed E-state index contributed by atoms with van der Waals surface area (Å²) in [7, 11) is -6.64. The first-order chi connectivity index (χ1) is 34.4. The highest BCUT2D eigenvalue weighted by molar-refractivity contribution is 14.1. The quantitative estimate of drug-likeness (QED) is 0.0710. The summed E-state index contributed by atoms with van der Waals surface area (Å²) in [5, 5.41) is 0. The van der Waals surface area contributed by atoms with Crippen LogP contribution in [0, 0.1) is 0 Å². The number of nitrogens with zero attached hydrogens (tertiary/aromatic N) is 2. The van der Waals surface area contributed by atoms with Gasteiger partial charge in [-0.3, -0.25) is 9.59 Å². The van der Waals surface area contributed by atoms with Crippen molar-refractivity contribution in [2.75, 3.05) is 68.4 Å². The Morgan fingerprint density at radius 2 is 1.00 bits per heavy atom. The van der Waals surface area contributed by atoms with Crippen molar-refractivity contribution in [1.82, 2.24) is 19.8 Å². The minimum atomic E-state index is -3.33. The van der Waals surface area contributed by atoms with Gasteiger partial charge in [0, 0.05) is 62.4 Å². The number of amides is 2. The predicted molar refractivity (Wildman–Crippen MR) is 285 cm³/mol. The zero-order valence-corrected chi connectivity index (χ0v) is 42.9. The Balaban J connectivity index is 0.000000183. The van der Waals surface area contributed by atoms with Gasteiger partial charge in [0.1, 0.15) is 24.7 Å². The van der Waals surface area contributed by atoms with Crippen molar-refractivity contribution in [2.24, 2.45) is 0 Å². The third-order valence-corrected chi connectivity index (χ3v) is 14.1. The Labute approximate surface area is 427 Å². The van der Waals surface area contributed by atoms with E-state index in [9.17, 15) is 31.2 Å². The highest BCUT2D eigenvalue weighted by atomic mass is 127. The van der Waals surface area contributed by atoms with Crippen LogP contribution in [0.2, 0.25) is 0 Å². The summed E-state index contributed by atoms with van der Waals surface area (Å²) >= 11 is 1.96. The average molecular weight is 1120 g/mol. The molecule has 3 aliphatic rings. The Bertz CT molecular complexity index is 3340. The molecule has 19 heteroatoms. The van der Waals surface area contributed by atoms with E-state index in [2.05, 4.69) is 9.97 Å². The molecule has 10 rings (SSSR count). The van der Waals surface area contributed by atoms with Crippen LogP contribution in [0.1, 0.15) is 46.1 Å². The second kappa shape index (κ2) is 23.0. The van der Waals surface area contributed by atoms with Crippen LogP contribution in [-0.2, 0) is 37.5 Å². The number of carbonyl (C=O) groups excluding carboxylic acids is 2. The molecule has 0 saturated carbocycles. The minimum Gasteiger partial charge on any atom is -0.491 e. The monoisotopic (exact) mass is 1120 g/mol. The number of hydrogen-bond acceptors (Lipinski definition) is 12. The van der Waals surface area contributed by atoms with E-state index < -0.39 is 19.7 Å². The lowest BCUT2D eigenvalue weighted by atomic mass is 10.0. The molecule has 4 heterocycles. The molecule has 0 bridgehead atoms. The van der Waals surface area contributed by atoms with Gasteiger partial charge in [0.15, 0.2) is 19.7 Å². The number of aromatic amines is 2. The first-order valence-corrected chi connectivity index (χ1v) is 27.7. The maximum absolute atomic E-state index is 13.1. The summed E-state index contributed by atoms with van der Waals surface area (Å²) in [6.07, 6.45) is 4.83. The highest BCUT2D eigenvalue weighted by Gasteiger charge is 2.24. The number of nitrogens with one attached hydrogen (secondary N) is 2. The van der Waals surface area contributed by atoms with E-state index in [0.717, 1.165) is 81.6 Å². The molecule has 1 aromatic heterocycles. The van der Waals surface area contributed by atoms with Crippen molar-refractivity contribution >= 4 is 76.5 Å². The fourth-order valence-electron chi connectivity index (χ4n) is 8.03. The normalized spacial score (nSPS) is 14.4. The van der Waals surface area contributed by atoms with Crippen molar-refractivity contribution in [3.05, 3.63) is 154 Å². The van der Waals surface area contributed by atoms with E-state index in [1.165, 1.54) is 49.2 Å². The average Bonchev–Trinajstić information content (AvgIpc) is 3.97. The third-order valence-electron chi connectivity index (χ3n) is 11.8. The molecule has 0 spiro atoms. The number of rotatable bonds is 6. The summed E-state index contributed by atoms with van der Waals surface area (Å²) in [6.45, 7) is 4.29. The number of imidazole rings is 1. The van der Waals surface area contributed by atoms with Crippen LogP contribution in [0.25, 0.3) is 33.3 Å². The number of alkyl halides is 1. The van der Waals surface area contributed by atoms with E-state index in [4.69, 9.17) is 27.0 Å². The number of sulfone groups is 2. The van der Waals surface area contributed by atoms with E-state index in [0.29, 0.717) is 66.8 Å². The molecule has 2 amide bonds. The first-order valence-electron chi connectivity index (χ1n) is 23.1. The van der Waals surface area contributed by atoms with Crippen LogP contribution in [0.5, 0.6) is 11.5 Å². The number of aromatic nitrogens is 2. The van der Waals surface area contributed by atoms with Crippen molar-refractivity contribution in [1.29, 1.82) is 0 Å². The van der Waals surface area contributed by atoms with E-state index in [-0.39, 0.29) is 27.3 Å². The summed E-state index contributed by atoms with van der Waals surface area (Å²) in [4.78, 5) is 47.4. The molecule has 7 aromatic rings. The smallest absolute Gasteiger partial charge is 0.323 e. The van der Waals surface area contributed by atoms with Crippen LogP contribution >= 0.6 is 22.6 Å². The molecule has 1 saturated heterocycles. The fourth-order valence-corrected chi connectivity index (χ4v) is 9.29. The maximum atomic E-state index is 13.1. The van der Waals surface area contributed by atoms with Gasteiger partial charge in [0.05, 0.1) is 45.3 Å². The standard InChI is InChI=1S/C24H21N3O5S.C23H23N3O4S.C4H8O.CH3I/c1-33(30,31)19-6-2-15(3-7-19)23(28)27-10-11-32-22-9-5-16(12-18(22)14-27)17-4-8-20-21(13-17)26-24(29)25-20;1-31(28,29)19-6-2-15(3-7-19)23(27)26-10-11-30-22-9-5-16(12-18(22)14-26)17-4-8-20(24)21(25)13-17;1-2-4-5-3-1;1-2/h2-9,12-13H,10-11,14H2,1H3,(H2,25,26,29);2-9,12-13H,10-11,14,24-25H2,1H3;1-4H2;1H3/i;;;1D. The van der Waals surface area contributed by atoms with Crippen molar-refractivity contribution in [3.63, 3.8) is 0 Å². The summed E-state index contributed by atoms with van der Waals surface area (Å²) < 4.78 is 69.6. The molecule has 3 aliphatic heterocycles. The van der Waals surface area contributed by atoms with Crippen LogP contribution in [-0.4, -0.2) is 105 Å². The summed E-state index contributed by atoms with van der Waals surface area (Å²) in [5.74, 6) is 1.08. The molecule has 6 aromatic carbocycles. The second-order valence-corrected chi connectivity index (χ2v) is 20.9. The van der Waals surface area contributed by atoms with Crippen LogP contribution < -0.4 is 26.6 Å². The molecule has 0 radical (unpaired) electrons. The number of benzene rings is 6. The van der Waals surface area contributed by atoms with Gasteiger partial charge in [-0.15, -0.1) is 0 Å². The molecular formula is C52H55IN6O10S2. The topological polar surface area (TPSA) is 237 Å². The lowest BCUT2D eigenvalue weighted by Crippen LogP contribution is -2.32. The highest BCUT2D eigenvalue weighted by Crippen LogP contribution is 2.33. The summed E-state index contributed by atoms with van der Waals surface area (Å²) in [6, 6.07) is 34.8. The second-order valence-electron chi connectivity index (χ2n) is 16.9. The minimum absolute atomic E-state index is 0.175. The van der Waals surface area contributed by atoms with Crippen molar-refractivity contribution in [2.45, 2.75) is 35.7 Å².